The molecule has 3 N–H and O–H groups in total. The second-order valence-corrected chi connectivity index (χ2v) is 4.57. The van der Waals surface area contributed by atoms with Crippen LogP contribution in [0.4, 0.5) is 0 Å². The van der Waals surface area contributed by atoms with Crippen molar-refractivity contribution in [2.45, 2.75) is 26.3 Å². The summed E-state index contributed by atoms with van der Waals surface area (Å²) in [6, 6.07) is -0.189. The van der Waals surface area contributed by atoms with Gasteiger partial charge in [0.25, 0.3) is 0 Å². The van der Waals surface area contributed by atoms with Crippen LogP contribution in [0, 0.1) is 5.92 Å². The molecule has 0 bridgehead atoms. The van der Waals surface area contributed by atoms with Crippen molar-refractivity contribution in [1.29, 1.82) is 0 Å². The van der Waals surface area contributed by atoms with Gasteiger partial charge in [0.15, 0.2) is 5.78 Å². The van der Waals surface area contributed by atoms with E-state index in [1.165, 1.54) is 0 Å². The number of nitrogens with two attached hydrogens (primary N) is 1. The Labute approximate surface area is 97.4 Å². The molecule has 1 unspecified atom stereocenters. The Hall–Kier alpha value is -0.940. The SMILES string of the molecule is CC(C)CC(C(=O)NCC(=O)CN)N(C)C. The molecule has 0 saturated carbocycles. The number of carbonyl (C=O) groups is 2. The minimum Gasteiger partial charge on any atom is -0.348 e. The van der Waals surface area contributed by atoms with E-state index in [9.17, 15) is 9.59 Å². The van der Waals surface area contributed by atoms with Gasteiger partial charge in [-0.15, -0.1) is 0 Å². The summed E-state index contributed by atoms with van der Waals surface area (Å²) in [7, 11) is 3.72. The van der Waals surface area contributed by atoms with E-state index in [1.807, 2.05) is 19.0 Å². The summed E-state index contributed by atoms with van der Waals surface area (Å²) in [5.74, 6) is 0.166. The van der Waals surface area contributed by atoms with Gasteiger partial charge >= 0.3 is 0 Å². The van der Waals surface area contributed by atoms with Gasteiger partial charge < -0.3 is 11.1 Å². The maximum absolute atomic E-state index is 11.8. The van der Waals surface area contributed by atoms with Gasteiger partial charge in [-0.25, -0.2) is 0 Å². The van der Waals surface area contributed by atoms with Crippen LogP contribution in [0.25, 0.3) is 0 Å². The van der Waals surface area contributed by atoms with Crippen molar-refractivity contribution in [3.05, 3.63) is 0 Å². The number of nitrogens with one attached hydrogen (secondary N) is 1. The zero-order valence-corrected chi connectivity index (χ0v) is 10.6. The van der Waals surface area contributed by atoms with Crippen molar-refractivity contribution >= 4 is 11.7 Å². The zero-order valence-electron chi connectivity index (χ0n) is 10.6. The average molecular weight is 229 g/mol. The van der Waals surface area contributed by atoms with Gasteiger partial charge in [-0.3, -0.25) is 14.5 Å². The second kappa shape index (κ2) is 7.35. The van der Waals surface area contributed by atoms with Crippen LogP contribution in [0.15, 0.2) is 0 Å². The lowest BCUT2D eigenvalue weighted by atomic mass is 10.0. The van der Waals surface area contributed by atoms with Crippen molar-refractivity contribution in [2.75, 3.05) is 27.2 Å². The third-order valence-corrected chi connectivity index (χ3v) is 2.31. The van der Waals surface area contributed by atoms with E-state index in [1.54, 1.807) is 0 Å². The topological polar surface area (TPSA) is 75.4 Å². The number of likely N-dealkylation sites (N-methyl/N-ethyl adjacent to an activating group) is 1. The van der Waals surface area contributed by atoms with Crippen molar-refractivity contribution in [3.8, 4) is 0 Å². The molecular weight excluding hydrogens is 206 g/mol. The first-order valence-corrected chi connectivity index (χ1v) is 5.54. The Bertz CT molecular complexity index is 239. The third-order valence-electron chi connectivity index (χ3n) is 2.31. The quantitative estimate of drug-likeness (QED) is 0.623. The highest BCUT2D eigenvalue weighted by Gasteiger charge is 2.21. The lowest BCUT2D eigenvalue weighted by molar-refractivity contribution is -0.128. The fourth-order valence-electron chi connectivity index (χ4n) is 1.37. The van der Waals surface area contributed by atoms with Crippen LogP contribution < -0.4 is 11.1 Å². The number of nitrogens with zero attached hydrogens (tertiary/aromatic N) is 1. The Morgan fingerprint density at radius 1 is 1.31 bits per heavy atom. The molecule has 1 amide bonds. The van der Waals surface area contributed by atoms with Crippen molar-refractivity contribution < 1.29 is 9.59 Å². The number of ketones is 1. The van der Waals surface area contributed by atoms with Crippen molar-refractivity contribution in [1.82, 2.24) is 10.2 Å². The molecule has 0 heterocycles. The van der Waals surface area contributed by atoms with E-state index in [0.717, 1.165) is 6.42 Å². The number of carbonyl (C=O) groups excluding carboxylic acids is 2. The van der Waals surface area contributed by atoms with Gasteiger partial charge in [0.2, 0.25) is 5.91 Å². The van der Waals surface area contributed by atoms with E-state index in [-0.39, 0.29) is 30.8 Å². The summed E-state index contributed by atoms with van der Waals surface area (Å²) in [5, 5.41) is 2.61. The van der Waals surface area contributed by atoms with Crippen LogP contribution in [-0.4, -0.2) is 49.8 Å². The first kappa shape index (κ1) is 15.1. The minimum atomic E-state index is -0.189. The van der Waals surface area contributed by atoms with Crippen LogP contribution in [0.1, 0.15) is 20.3 Å². The number of hydrogen-bond acceptors (Lipinski definition) is 4. The van der Waals surface area contributed by atoms with Crippen LogP contribution in [0.3, 0.4) is 0 Å². The largest absolute Gasteiger partial charge is 0.348 e. The fraction of sp³-hybridized carbons (Fsp3) is 0.818. The molecule has 0 aliphatic rings. The van der Waals surface area contributed by atoms with Gasteiger partial charge in [0.05, 0.1) is 19.1 Å². The maximum atomic E-state index is 11.8. The molecule has 1 atom stereocenters. The molecule has 0 aliphatic heterocycles. The molecule has 94 valence electrons. The Balaban J connectivity index is 4.22. The first-order chi connectivity index (χ1) is 7.38. The van der Waals surface area contributed by atoms with E-state index in [4.69, 9.17) is 5.73 Å². The molecule has 0 aromatic carbocycles. The molecule has 0 rings (SSSR count). The Kier molecular flexibility index (Phi) is 6.92. The summed E-state index contributed by atoms with van der Waals surface area (Å²) in [4.78, 5) is 24.6. The predicted molar refractivity (Wildman–Crippen MR) is 64.0 cm³/mol. The maximum Gasteiger partial charge on any atom is 0.237 e. The Morgan fingerprint density at radius 3 is 2.25 bits per heavy atom. The number of hydrogen-bond donors (Lipinski definition) is 2. The summed E-state index contributed by atoms with van der Waals surface area (Å²) >= 11 is 0. The average Bonchev–Trinajstić information content (AvgIpc) is 2.21. The number of amides is 1. The predicted octanol–water partition coefficient (Wildman–Crippen LogP) is -0.393. The smallest absolute Gasteiger partial charge is 0.237 e. The van der Waals surface area contributed by atoms with Gasteiger partial charge in [-0.2, -0.15) is 0 Å². The second-order valence-electron chi connectivity index (χ2n) is 4.57. The molecule has 0 aromatic rings. The standard InChI is InChI=1S/C11H23N3O2/c1-8(2)5-10(14(3)4)11(16)13-7-9(15)6-12/h8,10H,5-7,12H2,1-4H3,(H,13,16). The highest BCUT2D eigenvalue weighted by atomic mass is 16.2. The normalized spacial score (nSPS) is 12.9. The molecular formula is C11H23N3O2. The van der Waals surface area contributed by atoms with Gasteiger partial charge in [-0.1, -0.05) is 13.8 Å². The molecule has 16 heavy (non-hydrogen) atoms. The van der Waals surface area contributed by atoms with E-state index >= 15 is 0 Å². The van der Waals surface area contributed by atoms with Gasteiger partial charge in [-0.05, 0) is 26.4 Å². The summed E-state index contributed by atoms with van der Waals surface area (Å²) in [5.41, 5.74) is 5.16. The molecule has 0 radical (unpaired) electrons. The highest BCUT2D eigenvalue weighted by molar-refractivity contribution is 5.89. The molecule has 0 aliphatic carbocycles. The monoisotopic (exact) mass is 229 g/mol. The van der Waals surface area contributed by atoms with Gasteiger partial charge in [0.1, 0.15) is 0 Å². The molecule has 5 nitrogen and oxygen atoms in total. The van der Waals surface area contributed by atoms with Gasteiger partial charge in [0, 0.05) is 0 Å². The fourth-order valence-corrected chi connectivity index (χ4v) is 1.37. The summed E-state index contributed by atoms with van der Waals surface area (Å²) in [6.45, 7) is 4.12. The van der Waals surface area contributed by atoms with E-state index < -0.39 is 0 Å². The number of rotatable bonds is 7. The van der Waals surface area contributed by atoms with Crippen LogP contribution in [0.2, 0.25) is 0 Å². The molecule has 0 fully saturated rings. The van der Waals surface area contributed by atoms with E-state index in [0.29, 0.717) is 5.92 Å². The highest BCUT2D eigenvalue weighted by Crippen LogP contribution is 2.08. The molecule has 5 heteroatoms. The summed E-state index contributed by atoms with van der Waals surface area (Å²) < 4.78 is 0. The lowest BCUT2D eigenvalue weighted by Gasteiger charge is -2.24. The Morgan fingerprint density at radius 2 is 1.88 bits per heavy atom. The minimum absolute atomic E-state index is 0.0256. The first-order valence-electron chi connectivity index (χ1n) is 5.54. The van der Waals surface area contributed by atoms with Crippen molar-refractivity contribution in [3.63, 3.8) is 0 Å². The number of Topliss-reactive ketones (excluding diaryl/α,β-unsaturated/α-hetero) is 1. The van der Waals surface area contributed by atoms with Crippen LogP contribution in [-0.2, 0) is 9.59 Å². The van der Waals surface area contributed by atoms with E-state index in [2.05, 4.69) is 19.2 Å². The van der Waals surface area contributed by atoms with Crippen LogP contribution in [0.5, 0.6) is 0 Å². The third kappa shape index (κ3) is 5.82. The zero-order chi connectivity index (χ0) is 12.7. The lowest BCUT2D eigenvalue weighted by Crippen LogP contribution is -2.46. The van der Waals surface area contributed by atoms with Crippen LogP contribution >= 0.6 is 0 Å². The molecule has 0 spiro atoms. The van der Waals surface area contributed by atoms with Crippen molar-refractivity contribution in [2.24, 2.45) is 11.7 Å². The molecule has 0 saturated heterocycles. The summed E-state index contributed by atoms with van der Waals surface area (Å²) in [6.07, 6.45) is 0.773. The molecule has 0 aromatic heterocycles.